The Balaban J connectivity index is 0. The Hall–Kier alpha value is -2.45. The molecular weight excluding hydrogens is 517 g/mol. The first-order valence-corrected chi connectivity index (χ1v) is 9.74. The molecule has 0 unspecified atom stereocenters. The van der Waals surface area contributed by atoms with Gasteiger partial charge in [-0.25, -0.2) is 18.6 Å². The third kappa shape index (κ3) is 15.2. The van der Waals surface area contributed by atoms with Crippen molar-refractivity contribution in [2.24, 2.45) is 0 Å². The van der Waals surface area contributed by atoms with Crippen LogP contribution in [-0.2, 0) is 9.78 Å². The fourth-order valence-electron chi connectivity index (χ4n) is 1.45. The van der Waals surface area contributed by atoms with Crippen LogP contribution in [0.5, 0.6) is 5.75 Å². The van der Waals surface area contributed by atoms with Crippen molar-refractivity contribution >= 4 is 18.3 Å². The lowest BCUT2D eigenvalue weighted by molar-refractivity contribution is -0.382. The number of alkyl halides is 9. The largest absolute Gasteiger partial charge is 0.508 e. The Kier molecular flexibility index (Phi) is 16.1. The van der Waals surface area contributed by atoms with Crippen LogP contribution in [0.3, 0.4) is 0 Å². The highest BCUT2D eigenvalue weighted by molar-refractivity contribution is 7.81. The summed E-state index contributed by atoms with van der Waals surface area (Å²) in [6, 6.07) is 7.09. The third-order valence-electron chi connectivity index (χ3n) is 3.26. The van der Waals surface area contributed by atoms with E-state index in [0.29, 0.717) is 5.75 Å². The van der Waals surface area contributed by atoms with Crippen LogP contribution in [0.1, 0.15) is 12.5 Å². The molecule has 14 heteroatoms. The van der Waals surface area contributed by atoms with Crippen LogP contribution in [0, 0.1) is 12.3 Å². The zero-order valence-corrected chi connectivity index (χ0v) is 19.3. The summed E-state index contributed by atoms with van der Waals surface area (Å²) in [5, 5.41) is 10.6. The van der Waals surface area contributed by atoms with E-state index in [9.17, 15) is 39.5 Å². The molecule has 2 rings (SSSR count). The Morgan fingerprint density at radius 3 is 1.69 bits per heavy atom. The first-order chi connectivity index (χ1) is 15.9. The van der Waals surface area contributed by atoms with Gasteiger partial charge in [-0.1, -0.05) is 61.2 Å². The fraction of sp³-hybridized carbons (Fsp3) is 0.381. The van der Waals surface area contributed by atoms with Crippen molar-refractivity contribution in [3.05, 3.63) is 66.3 Å². The van der Waals surface area contributed by atoms with Crippen molar-refractivity contribution in [3.63, 3.8) is 0 Å². The van der Waals surface area contributed by atoms with Gasteiger partial charge in [0.05, 0.1) is 0 Å². The smallest absolute Gasteiger partial charge is 0.433 e. The van der Waals surface area contributed by atoms with E-state index in [4.69, 9.17) is 10.5 Å². The quantitative estimate of drug-likeness (QED) is 0.120. The van der Waals surface area contributed by atoms with Crippen LogP contribution in [-0.4, -0.2) is 47.8 Å². The Morgan fingerprint density at radius 2 is 1.49 bits per heavy atom. The van der Waals surface area contributed by atoms with E-state index in [1.54, 1.807) is 19.1 Å². The minimum Gasteiger partial charge on any atom is -0.508 e. The van der Waals surface area contributed by atoms with Crippen molar-refractivity contribution < 1.29 is 54.4 Å². The maximum atomic E-state index is 12.0. The summed E-state index contributed by atoms with van der Waals surface area (Å²) < 4.78 is 104. The van der Waals surface area contributed by atoms with Gasteiger partial charge in [0.2, 0.25) is 0 Å². The molecule has 1 fully saturated rings. The minimum atomic E-state index is -5.36. The molecule has 0 aliphatic carbocycles. The molecule has 200 valence electrons. The highest BCUT2D eigenvalue weighted by Crippen LogP contribution is 2.41. The van der Waals surface area contributed by atoms with Crippen molar-refractivity contribution in [3.8, 4) is 5.75 Å². The van der Waals surface area contributed by atoms with Crippen LogP contribution in [0.2, 0.25) is 0 Å². The van der Waals surface area contributed by atoms with E-state index in [1.807, 2.05) is 31.7 Å². The van der Waals surface area contributed by atoms with Gasteiger partial charge in [-0.2, -0.15) is 30.7 Å². The average Bonchev–Trinajstić information content (AvgIpc) is 2.67. The number of aromatic hydroxyl groups is 1. The molecular formula is C21H24F9NO3S. The van der Waals surface area contributed by atoms with Gasteiger partial charge in [-0.15, -0.1) is 0 Å². The van der Waals surface area contributed by atoms with Crippen molar-refractivity contribution in [1.29, 1.82) is 5.41 Å². The highest BCUT2D eigenvalue weighted by Gasteiger charge is 2.60. The van der Waals surface area contributed by atoms with Gasteiger partial charge in [0, 0.05) is 5.57 Å². The van der Waals surface area contributed by atoms with Gasteiger partial charge >= 0.3 is 23.8 Å². The third-order valence-corrected chi connectivity index (χ3v) is 3.56. The number of halogens is 9. The number of hydrogen-bond donors (Lipinski definition) is 3. The maximum Gasteiger partial charge on any atom is 0.433 e. The molecule has 0 amide bonds. The predicted molar refractivity (Wildman–Crippen MR) is 117 cm³/mol. The van der Waals surface area contributed by atoms with E-state index >= 15 is 0 Å². The summed E-state index contributed by atoms with van der Waals surface area (Å²) in [6.45, 7) is 8.40. The zero-order valence-electron chi connectivity index (χ0n) is 18.4. The SMILES string of the molecule is C1COO1.C=C/C=C(\C=C/C)C(=N)C(F)(F)F.Cc1ccc(O)cc1.FC(F)C(F)(F)C(F)(F)S. The number of benzene rings is 1. The maximum absolute atomic E-state index is 12.0. The summed E-state index contributed by atoms with van der Waals surface area (Å²) >= 11 is 2.01. The summed E-state index contributed by atoms with van der Waals surface area (Å²) in [5.74, 6) is -5.04. The van der Waals surface area contributed by atoms with Crippen LogP contribution in [0.4, 0.5) is 39.5 Å². The second kappa shape index (κ2) is 16.3. The molecule has 1 aliphatic rings. The molecule has 1 aromatic rings. The van der Waals surface area contributed by atoms with Gasteiger partial charge in [0.25, 0.3) is 0 Å². The summed E-state index contributed by atoms with van der Waals surface area (Å²) in [5.41, 5.74) is -0.377. The van der Waals surface area contributed by atoms with Crippen LogP contribution in [0.25, 0.3) is 0 Å². The van der Waals surface area contributed by atoms with Gasteiger partial charge < -0.3 is 5.11 Å². The molecule has 0 bridgehead atoms. The van der Waals surface area contributed by atoms with E-state index in [-0.39, 0.29) is 5.57 Å². The Labute approximate surface area is 201 Å². The van der Waals surface area contributed by atoms with E-state index in [1.165, 1.54) is 23.8 Å². The molecule has 1 saturated heterocycles. The van der Waals surface area contributed by atoms with Crippen molar-refractivity contribution in [2.75, 3.05) is 13.2 Å². The van der Waals surface area contributed by atoms with E-state index in [0.717, 1.165) is 19.3 Å². The molecule has 0 radical (unpaired) electrons. The van der Waals surface area contributed by atoms with Gasteiger partial charge in [-0.05, 0) is 26.0 Å². The first-order valence-electron chi connectivity index (χ1n) is 9.29. The van der Waals surface area contributed by atoms with Gasteiger partial charge in [0.1, 0.15) is 24.7 Å². The molecule has 35 heavy (non-hydrogen) atoms. The molecule has 0 atom stereocenters. The lowest BCUT2D eigenvalue weighted by Gasteiger charge is -2.20. The van der Waals surface area contributed by atoms with Crippen LogP contribution >= 0.6 is 12.6 Å². The first kappa shape index (κ1) is 34.7. The van der Waals surface area contributed by atoms with Gasteiger partial charge in [-0.3, -0.25) is 5.41 Å². The molecule has 0 saturated carbocycles. The number of phenols is 1. The fourth-order valence-corrected chi connectivity index (χ4v) is 1.55. The molecule has 1 heterocycles. The van der Waals surface area contributed by atoms with E-state index in [2.05, 4.69) is 16.4 Å². The number of thiol groups is 1. The average molecular weight is 541 g/mol. The minimum absolute atomic E-state index is 0.190. The number of allylic oxidation sites excluding steroid dienone is 5. The van der Waals surface area contributed by atoms with Crippen LogP contribution < -0.4 is 0 Å². The van der Waals surface area contributed by atoms with E-state index < -0.39 is 29.5 Å². The highest BCUT2D eigenvalue weighted by atomic mass is 32.1. The Morgan fingerprint density at radius 1 is 1.06 bits per heavy atom. The number of hydrogen-bond acceptors (Lipinski definition) is 5. The van der Waals surface area contributed by atoms with Gasteiger partial charge in [0.15, 0.2) is 0 Å². The summed E-state index contributed by atoms with van der Waals surface area (Å²) in [7, 11) is 0. The predicted octanol–water partition coefficient (Wildman–Crippen LogP) is 7.32. The summed E-state index contributed by atoms with van der Waals surface area (Å²) in [4.78, 5) is 8.44. The molecule has 4 nitrogen and oxygen atoms in total. The second-order valence-corrected chi connectivity index (χ2v) is 6.74. The Bertz CT molecular complexity index is 790. The normalized spacial score (nSPS) is 13.9. The van der Waals surface area contributed by atoms with Crippen molar-refractivity contribution in [1.82, 2.24) is 0 Å². The topological polar surface area (TPSA) is 62.5 Å². The number of aryl methyl sites for hydroxylation is 1. The molecule has 2 N–H and O–H groups in total. The lowest BCUT2D eigenvalue weighted by Crippen LogP contribution is -2.42. The number of phenolic OH excluding ortho intramolecular Hbond substituents is 1. The van der Waals surface area contributed by atoms with Crippen molar-refractivity contribution in [2.45, 2.75) is 37.6 Å². The molecule has 0 aromatic heterocycles. The lowest BCUT2D eigenvalue weighted by atomic mass is 10.1. The monoisotopic (exact) mass is 541 g/mol. The number of rotatable bonds is 5. The molecule has 1 aliphatic heterocycles. The number of nitrogens with one attached hydrogen (secondary N) is 1. The molecule has 0 spiro atoms. The second-order valence-electron chi connectivity index (χ2n) is 6.17. The molecule has 1 aromatic carbocycles. The standard InChI is InChI=1S/C9H10F3N.C7H8O.C3H2F6S.C2H4O2/c1-3-5-7(6-4-2)8(13)9(10,11)12;1-6-2-4-7(8)5-3-6;4-1(5)2(6,7)3(8,9)10;1-2-4-3-1/h3-6,13H,1H2,2H3;2-5,8H,1H3;1,10H;1-2H2/b6-4-,7-5+,13-8?;;;. The zero-order chi connectivity index (χ0) is 27.9. The summed E-state index contributed by atoms with van der Waals surface area (Å²) in [6.07, 6.45) is -3.98. The van der Waals surface area contributed by atoms with Crippen LogP contribution in [0.15, 0.2) is 60.7 Å².